The van der Waals surface area contributed by atoms with Crippen molar-refractivity contribution in [1.82, 2.24) is 5.32 Å². The summed E-state index contributed by atoms with van der Waals surface area (Å²) < 4.78 is 5.79. The van der Waals surface area contributed by atoms with Gasteiger partial charge in [0.1, 0.15) is 5.75 Å². The minimum Gasteiger partial charge on any atom is -0.493 e. The Hall–Kier alpha value is -1.02. The first-order valence-corrected chi connectivity index (χ1v) is 6.70. The molecule has 2 unspecified atom stereocenters. The van der Waals surface area contributed by atoms with E-state index in [-0.39, 0.29) is 0 Å². The van der Waals surface area contributed by atoms with E-state index in [1.54, 1.807) is 0 Å². The normalized spacial score (nSPS) is 20.1. The third-order valence-electron chi connectivity index (χ3n) is 4.06. The number of rotatable bonds is 5. The Morgan fingerprint density at radius 3 is 2.65 bits per heavy atom. The molecule has 1 aliphatic rings. The van der Waals surface area contributed by atoms with E-state index in [1.165, 1.54) is 18.4 Å². The third-order valence-corrected chi connectivity index (χ3v) is 4.06. The molecule has 0 amide bonds. The highest BCUT2D eigenvalue weighted by molar-refractivity contribution is 5.40. The van der Waals surface area contributed by atoms with Crippen LogP contribution in [0.3, 0.4) is 0 Å². The minimum atomic E-state index is 0.501. The maximum atomic E-state index is 5.79. The predicted molar refractivity (Wildman–Crippen MR) is 71.6 cm³/mol. The van der Waals surface area contributed by atoms with E-state index >= 15 is 0 Å². The van der Waals surface area contributed by atoms with Crippen molar-refractivity contribution in [1.29, 1.82) is 0 Å². The Kier molecular flexibility index (Phi) is 4.06. The zero-order valence-corrected chi connectivity index (χ0v) is 11.1. The quantitative estimate of drug-likeness (QED) is 0.843. The molecule has 94 valence electrons. The summed E-state index contributed by atoms with van der Waals surface area (Å²) in [7, 11) is 2.07. The molecule has 1 aliphatic heterocycles. The second kappa shape index (κ2) is 5.54. The second-order valence-corrected chi connectivity index (χ2v) is 4.85. The Morgan fingerprint density at radius 2 is 2.00 bits per heavy atom. The molecule has 2 heteroatoms. The Labute approximate surface area is 104 Å². The van der Waals surface area contributed by atoms with Crippen LogP contribution in [0.1, 0.15) is 38.2 Å². The number of nitrogens with one attached hydrogen (secondary N) is 1. The van der Waals surface area contributed by atoms with Gasteiger partial charge < -0.3 is 10.1 Å². The molecule has 0 saturated heterocycles. The van der Waals surface area contributed by atoms with Crippen LogP contribution >= 0.6 is 0 Å². The fourth-order valence-electron chi connectivity index (χ4n) is 3.05. The summed E-state index contributed by atoms with van der Waals surface area (Å²) >= 11 is 0. The SMILES string of the molecule is CCC(CC)C(NC)C1COc2ccccc21. The third kappa shape index (κ3) is 2.32. The highest BCUT2D eigenvalue weighted by Gasteiger charge is 2.33. The van der Waals surface area contributed by atoms with Gasteiger partial charge in [0, 0.05) is 17.5 Å². The van der Waals surface area contributed by atoms with Gasteiger partial charge in [-0.2, -0.15) is 0 Å². The molecular formula is C15H23NO. The topological polar surface area (TPSA) is 21.3 Å². The van der Waals surface area contributed by atoms with Crippen LogP contribution in [0, 0.1) is 5.92 Å². The fraction of sp³-hybridized carbons (Fsp3) is 0.600. The molecule has 1 heterocycles. The van der Waals surface area contributed by atoms with E-state index in [9.17, 15) is 0 Å². The van der Waals surface area contributed by atoms with Crippen LogP contribution in [0.15, 0.2) is 24.3 Å². The zero-order chi connectivity index (χ0) is 12.3. The fourth-order valence-corrected chi connectivity index (χ4v) is 3.05. The molecule has 0 saturated carbocycles. The zero-order valence-electron chi connectivity index (χ0n) is 11.1. The second-order valence-electron chi connectivity index (χ2n) is 4.85. The van der Waals surface area contributed by atoms with Gasteiger partial charge in [-0.1, -0.05) is 44.9 Å². The Bertz CT molecular complexity index is 360. The smallest absolute Gasteiger partial charge is 0.122 e. The summed E-state index contributed by atoms with van der Waals surface area (Å²) in [5.74, 6) is 2.30. The van der Waals surface area contributed by atoms with Crippen molar-refractivity contribution in [2.75, 3.05) is 13.7 Å². The number of fused-ring (bicyclic) bond motifs is 1. The van der Waals surface area contributed by atoms with Crippen LogP contribution < -0.4 is 10.1 Å². The van der Waals surface area contributed by atoms with Crippen molar-refractivity contribution >= 4 is 0 Å². The number of para-hydroxylation sites is 1. The van der Waals surface area contributed by atoms with Gasteiger partial charge in [-0.05, 0) is 19.0 Å². The van der Waals surface area contributed by atoms with E-state index in [2.05, 4.69) is 44.4 Å². The molecule has 0 aromatic heterocycles. The lowest BCUT2D eigenvalue weighted by Gasteiger charge is -2.29. The molecule has 0 radical (unpaired) electrons. The Balaban J connectivity index is 2.22. The van der Waals surface area contributed by atoms with Crippen molar-refractivity contribution in [2.24, 2.45) is 5.92 Å². The first-order chi connectivity index (χ1) is 8.31. The minimum absolute atomic E-state index is 0.501. The largest absolute Gasteiger partial charge is 0.493 e. The van der Waals surface area contributed by atoms with Gasteiger partial charge in [0.05, 0.1) is 6.61 Å². The molecule has 1 aromatic rings. The number of hydrogen-bond acceptors (Lipinski definition) is 2. The molecule has 17 heavy (non-hydrogen) atoms. The maximum Gasteiger partial charge on any atom is 0.122 e. The van der Waals surface area contributed by atoms with Gasteiger partial charge in [-0.25, -0.2) is 0 Å². The van der Waals surface area contributed by atoms with Crippen LogP contribution in [0.2, 0.25) is 0 Å². The van der Waals surface area contributed by atoms with Gasteiger partial charge >= 0.3 is 0 Å². The maximum absolute atomic E-state index is 5.79. The molecule has 0 fully saturated rings. The summed E-state index contributed by atoms with van der Waals surface area (Å²) in [6.07, 6.45) is 2.45. The first kappa shape index (κ1) is 12.4. The summed E-state index contributed by atoms with van der Waals surface area (Å²) in [5.41, 5.74) is 1.37. The lowest BCUT2D eigenvalue weighted by atomic mass is 9.82. The van der Waals surface area contributed by atoms with Gasteiger partial charge in [-0.15, -0.1) is 0 Å². The molecule has 1 aromatic carbocycles. The molecule has 0 spiro atoms. The van der Waals surface area contributed by atoms with Crippen LogP contribution in [0.5, 0.6) is 5.75 Å². The van der Waals surface area contributed by atoms with Gasteiger partial charge in [0.25, 0.3) is 0 Å². The molecule has 0 aliphatic carbocycles. The summed E-state index contributed by atoms with van der Waals surface area (Å²) in [4.78, 5) is 0. The molecule has 2 atom stereocenters. The molecular weight excluding hydrogens is 210 g/mol. The van der Waals surface area contributed by atoms with Crippen molar-refractivity contribution in [3.05, 3.63) is 29.8 Å². The van der Waals surface area contributed by atoms with E-state index in [4.69, 9.17) is 4.74 Å². The average Bonchev–Trinajstić information content (AvgIpc) is 2.79. The van der Waals surface area contributed by atoms with Crippen molar-refractivity contribution < 1.29 is 4.74 Å². The van der Waals surface area contributed by atoms with Crippen molar-refractivity contribution in [3.63, 3.8) is 0 Å². The number of hydrogen-bond donors (Lipinski definition) is 1. The van der Waals surface area contributed by atoms with E-state index in [0.717, 1.165) is 18.3 Å². The summed E-state index contributed by atoms with van der Waals surface area (Å²) in [5, 5.41) is 3.51. The number of ether oxygens (including phenoxy) is 1. The van der Waals surface area contributed by atoms with Gasteiger partial charge in [-0.3, -0.25) is 0 Å². The number of likely N-dealkylation sites (N-methyl/N-ethyl adjacent to an activating group) is 1. The van der Waals surface area contributed by atoms with Crippen LogP contribution in [0.25, 0.3) is 0 Å². The first-order valence-electron chi connectivity index (χ1n) is 6.70. The van der Waals surface area contributed by atoms with E-state index in [1.807, 2.05) is 6.07 Å². The molecule has 0 bridgehead atoms. The highest BCUT2D eigenvalue weighted by Crippen LogP contribution is 2.38. The average molecular weight is 233 g/mol. The van der Waals surface area contributed by atoms with Crippen LogP contribution in [-0.4, -0.2) is 19.7 Å². The van der Waals surface area contributed by atoms with E-state index < -0.39 is 0 Å². The summed E-state index contributed by atoms with van der Waals surface area (Å²) in [6.45, 7) is 5.38. The van der Waals surface area contributed by atoms with Crippen LogP contribution in [-0.2, 0) is 0 Å². The molecule has 2 nitrogen and oxygen atoms in total. The van der Waals surface area contributed by atoms with Crippen molar-refractivity contribution in [2.45, 2.75) is 38.6 Å². The van der Waals surface area contributed by atoms with E-state index in [0.29, 0.717) is 12.0 Å². The van der Waals surface area contributed by atoms with Gasteiger partial charge in [0.15, 0.2) is 0 Å². The summed E-state index contributed by atoms with van der Waals surface area (Å²) in [6, 6.07) is 8.97. The monoisotopic (exact) mass is 233 g/mol. The number of benzene rings is 1. The predicted octanol–water partition coefficient (Wildman–Crippen LogP) is 3.19. The van der Waals surface area contributed by atoms with Crippen molar-refractivity contribution in [3.8, 4) is 5.75 Å². The lowest BCUT2D eigenvalue weighted by Crippen LogP contribution is -2.39. The Morgan fingerprint density at radius 1 is 1.29 bits per heavy atom. The van der Waals surface area contributed by atoms with Gasteiger partial charge in [0.2, 0.25) is 0 Å². The molecule has 1 N–H and O–H groups in total. The lowest BCUT2D eigenvalue weighted by molar-refractivity contribution is 0.252. The highest BCUT2D eigenvalue weighted by atomic mass is 16.5. The molecule has 2 rings (SSSR count). The van der Waals surface area contributed by atoms with Crippen LogP contribution in [0.4, 0.5) is 0 Å². The standard InChI is InChI=1S/C15H23NO/c1-4-11(5-2)15(16-3)13-10-17-14-9-7-6-8-12(13)14/h6-9,11,13,15-16H,4-5,10H2,1-3H3.